The van der Waals surface area contributed by atoms with E-state index in [4.69, 9.17) is 10.00 Å². The Morgan fingerprint density at radius 3 is 2.87 bits per heavy atom. The highest BCUT2D eigenvalue weighted by Crippen LogP contribution is 2.37. The molecule has 0 spiro atoms. The first kappa shape index (κ1) is 9.72. The molecule has 3 heteroatoms. The van der Waals surface area contributed by atoms with Crippen LogP contribution >= 0.6 is 0 Å². The van der Waals surface area contributed by atoms with Crippen molar-refractivity contribution in [2.24, 2.45) is 0 Å². The minimum absolute atomic E-state index is 0.282. The molecule has 15 heavy (non-hydrogen) atoms. The molecule has 0 unspecified atom stereocenters. The molecule has 1 aromatic rings. The van der Waals surface area contributed by atoms with E-state index in [2.05, 4.69) is 6.07 Å². The van der Waals surface area contributed by atoms with Crippen LogP contribution in [0.1, 0.15) is 35.3 Å². The predicted molar refractivity (Wildman–Crippen MR) is 55.0 cm³/mol. The highest BCUT2D eigenvalue weighted by atomic mass is 16.5. The van der Waals surface area contributed by atoms with Crippen LogP contribution in [0.15, 0.2) is 12.1 Å². The van der Waals surface area contributed by atoms with Crippen molar-refractivity contribution in [2.75, 3.05) is 0 Å². The van der Waals surface area contributed by atoms with Gasteiger partial charge in [0.1, 0.15) is 23.7 Å². The normalized spacial score (nSPS) is 16.3. The number of hydrogen-bond acceptors (Lipinski definition) is 3. The van der Waals surface area contributed by atoms with Gasteiger partial charge < -0.3 is 4.74 Å². The SMILES string of the molecule is CC1(C)Cc2cc(C=O)cc(C#N)c2O1. The summed E-state index contributed by atoms with van der Waals surface area (Å²) in [6.45, 7) is 3.93. The van der Waals surface area contributed by atoms with Crippen LogP contribution in [0, 0.1) is 11.3 Å². The molecule has 3 nitrogen and oxygen atoms in total. The van der Waals surface area contributed by atoms with Crippen LogP contribution < -0.4 is 4.74 Å². The zero-order chi connectivity index (χ0) is 11.1. The molecule has 0 N–H and O–H groups in total. The van der Waals surface area contributed by atoms with Crippen molar-refractivity contribution in [1.82, 2.24) is 0 Å². The number of carbonyl (C=O) groups excluding carboxylic acids is 1. The Hall–Kier alpha value is -1.82. The quantitative estimate of drug-likeness (QED) is 0.653. The first-order valence-electron chi connectivity index (χ1n) is 4.77. The van der Waals surface area contributed by atoms with Gasteiger partial charge in [-0.3, -0.25) is 4.79 Å². The average Bonchev–Trinajstić information content (AvgIpc) is 2.50. The summed E-state index contributed by atoms with van der Waals surface area (Å²) in [6.07, 6.45) is 1.49. The summed E-state index contributed by atoms with van der Waals surface area (Å²) in [5.41, 5.74) is 1.64. The second-order valence-electron chi connectivity index (χ2n) is 4.32. The lowest BCUT2D eigenvalue weighted by molar-refractivity contribution is 0.112. The standard InChI is InChI=1S/C12H11NO2/c1-12(2)5-9-3-8(7-14)4-10(6-13)11(9)15-12/h3-4,7H,5H2,1-2H3. The van der Waals surface area contributed by atoms with Crippen LogP contribution in [0.2, 0.25) is 0 Å². The lowest BCUT2D eigenvalue weighted by Gasteiger charge is -2.17. The minimum atomic E-state index is -0.282. The molecule has 0 aromatic heterocycles. The second-order valence-corrected chi connectivity index (χ2v) is 4.32. The van der Waals surface area contributed by atoms with Crippen molar-refractivity contribution in [3.8, 4) is 11.8 Å². The Balaban J connectivity index is 2.59. The Morgan fingerprint density at radius 2 is 2.27 bits per heavy atom. The van der Waals surface area contributed by atoms with E-state index in [9.17, 15) is 4.79 Å². The van der Waals surface area contributed by atoms with Crippen LogP contribution in [0.25, 0.3) is 0 Å². The summed E-state index contributed by atoms with van der Waals surface area (Å²) in [5, 5.41) is 8.95. The maximum atomic E-state index is 10.7. The smallest absolute Gasteiger partial charge is 0.150 e. The lowest BCUT2D eigenvalue weighted by atomic mass is 9.99. The molecule has 0 bridgehead atoms. The molecular formula is C12H11NO2. The average molecular weight is 201 g/mol. The number of nitriles is 1. The fourth-order valence-corrected chi connectivity index (χ4v) is 1.89. The molecule has 0 fully saturated rings. The molecule has 0 saturated heterocycles. The number of hydrogen-bond donors (Lipinski definition) is 0. The zero-order valence-electron chi connectivity index (χ0n) is 8.70. The predicted octanol–water partition coefficient (Wildman–Crippen LogP) is 2.08. The molecule has 1 aromatic carbocycles. The molecule has 76 valence electrons. The third kappa shape index (κ3) is 1.59. The fraction of sp³-hybridized carbons (Fsp3) is 0.333. The van der Waals surface area contributed by atoms with E-state index in [0.717, 1.165) is 18.3 Å². The van der Waals surface area contributed by atoms with Gasteiger partial charge in [0.25, 0.3) is 0 Å². The first-order valence-corrected chi connectivity index (χ1v) is 4.77. The van der Waals surface area contributed by atoms with Crippen LogP contribution in [0.3, 0.4) is 0 Å². The van der Waals surface area contributed by atoms with E-state index in [1.807, 2.05) is 13.8 Å². The summed E-state index contributed by atoms with van der Waals surface area (Å²) in [6, 6.07) is 5.41. The topological polar surface area (TPSA) is 50.1 Å². The molecule has 0 amide bonds. The van der Waals surface area contributed by atoms with E-state index >= 15 is 0 Å². The monoisotopic (exact) mass is 201 g/mol. The van der Waals surface area contributed by atoms with Crippen molar-refractivity contribution in [2.45, 2.75) is 25.9 Å². The third-order valence-corrected chi connectivity index (χ3v) is 2.44. The summed E-state index contributed by atoms with van der Waals surface area (Å²) < 4.78 is 5.68. The Kier molecular flexibility index (Phi) is 2.01. The zero-order valence-corrected chi connectivity index (χ0v) is 8.70. The lowest BCUT2D eigenvalue weighted by Crippen LogP contribution is -2.24. The molecule has 2 rings (SSSR count). The van der Waals surface area contributed by atoms with Crippen molar-refractivity contribution in [3.05, 3.63) is 28.8 Å². The van der Waals surface area contributed by atoms with Gasteiger partial charge in [-0.25, -0.2) is 0 Å². The van der Waals surface area contributed by atoms with E-state index in [1.54, 1.807) is 12.1 Å². The molecule has 0 radical (unpaired) electrons. The van der Waals surface area contributed by atoms with Gasteiger partial charge in [0.2, 0.25) is 0 Å². The molecular weight excluding hydrogens is 190 g/mol. The third-order valence-electron chi connectivity index (χ3n) is 2.44. The molecule has 0 aliphatic carbocycles. The number of rotatable bonds is 1. The second kappa shape index (κ2) is 3.09. The van der Waals surface area contributed by atoms with E-state index < -0.39 is 0 Å². The summed E-state index contributed by atoms with van der Waals surface area (Å²) in [7, 11) is 0. The number of fused-ring (bicyclic) bond motifs is 1. The van der Waals surface area contributed by atoms with Crippen LogP contribution in [0.5, 0.6) is 5.75 Å². The van der Waals surface area contributed by atoms with Gasteiger partial charge in [-0.2, -0.15) is 5.26 Å². The summed E-state index contributed by atoms with van der Waals surface area (Å²) in [4.78, 5) is 10.7. The van der Waals surface area contributed by atoms with E-state index in [1.165, 1.54) is 0 Å². The molecule has 1 aliphatic heterocycles. The number of carbonyl (C=O) groups is 1. The van der Waals surface area contributed by atoms with Gasteiger partial charge >= 0.3 is 0 Å². The fourth-order valence-electron chi connectivity index (χ4n) is 1.89. The van der Waals surface area contributed by atoms with Gasteiger partial charge in [0.05, 0.1) is 5.56 Å². The van der Waals surface area contributed by atoms with Crippen LogP contribution in [-0.4, -0.2) is 11.9 Å². The molecule has 0 atom stereocenters. The van der Waals surface area contributed by atoms with Crippen LogP contribution in [-0.2, 0) is 6.42 Å². The largest absolute Gasteiger partial charge is 0.486 e. The van der Waals surface area contributed by atoms with Gasteiger partial charge in [-0.15, -0.1) is 0 Å². The summed E-state index contributed by atoms with van der Waals surface area (Å²) >= 11 is 0. The number of benzene rings is 1. The summed E-state index contributed by atoms with van der Waals surface area (Å²) in [5.74, 6) is 0.633. The van der Waals surface area contributed by atoms with Gasteiger partial charge in [0, 0.05) is 17.5 Å². The number of ether oxygens (including phenoxy) is 1. The minimum Gasteiger partial charge on any atom is -0.486 e. The van der Waals surface area contributed by atoms with Crippen molar-refractivity contribution in [3.63, 3.8) is 0 Å². The van der Waals surface area contributed by atoms with Crippen molar-refractivity contribution in [1.29, 1.82) is 5.26 Å². The first-order chi connectivity index (χ1) is 7.05. The van der Waals surface area contributed by atoms with E-state index in [-0.39, 0.29) is 5.60 Å². The maximum absolute atomic E-state index is 10.7. The molecule has 0 saturated carbocycles. The highest BCUT2D eigenvalue weighted by molar-refractivity contribution is 5.77. The maximum Gasteiger partial charge on any atom is 0.150 e. The Labute approximate surface area is 88.3 Å². The van der Waals surface area contributed by atoms with Gasteiger partial charge in [-0.05, 0) is 26.0 Å². The molecule has 1 aliphatic rings. The van der Waals surface area contributed by atoms with Crippen molar-refractivity contribution >= 4 is 6.29 Å². The number of nitrogens with zero attached hydrogens (tertiary/aromatic N) is 1. The molecule has 1 heterocycles. The highest BCUT2D eigenvalue weighted by Gasteiger charge is 2.32. The van der Waals surface area contributed by atoms with Gasteiger partial charge in [0.15, 0.2) is 0 Å². The van der Waals surface area contributed by atoms with Crippen molar-refractivity contribution < 1.29 is 9.53 Å². The van der Waals surface area contributed by atoms with E-state index in [0.29, 0.717) is 16.9 Å². The van der Waals surface area contributed by atoms with Gasteiger partial charge in [-0.1, -0.05) is 0 Å². The Bertz CT molecular complexity index is 469. The van der Waals surface area contributed by atoms with Crippen LogP contribution in [0.4, 0.5) is 0 Å². The Morgan fingerprint density at radius 1 is 1.53 bits per heavy atom. The number of aldehydes is 1.